The minimum Gasteiger partial charge on any atom is -0.480 e. The van der Waals surface area contributed by atoms with Gasteiger partial charge in [-0.15, -0.1) is 0 Å². The van der Waals surface area contributed by atoms with E-state index in [0.717, 1.165) is 4.90 Å². The van der Waals surface area contributed by atoms with Gasteiger partial charge in [0.15, 0.2) is 0 Å². The Morgan fingerprint density at radius 2 is 2.00 bits per heavy atom. The molecule has 1 aliphatic heterocycles. The number of halogens is 2. The van der Waals surface area contributed by atoms with Crippen LogP contribution in [0, 0.1) is 5.82 Å². The van der Waals surface area contributed by atoms with Crippen LogP contribution in [0.4, 0.5) is 9.18 Å². The van der Waals surface area contributed by atoms with Crippen LogP contribution in [0.25, 0.3) is 0 Å². The zero-order chi connectivity index (χ0) is 17.4. The van der Waals surface area contributed by atoms with Crippen molar-refractivity contribution in [3.63, 3.8) is 0 Å². The topological polar surface area (TPSA) is 66.8 Å². The second-order valence-corrected chi connectivity index (χ2v) is 6.94. The van der Waals surface area contributed by atoms with Crippen molar-refractivity contribution in [2.24, 2.45) is 0 Å². The molecule has 0 spiro atoms. The molecule has 126 valence electrons. The predicted molar refractivity (Wildman–Crippen MR) is 82.9 cm³/mol. The zero-order valence-electron chi connectivity index (χ0n) is 13.2. The second kappa shape index (κ2) is 6.35. The monoisotopic (exact) mass is 343 g/mol. The summed E-state index contributed by atoms with van der Waals surface area (Å²) in [7, 11) is 0. The van der Waals surface area contributed by atoms with Crippen molar-refractivity contribution in [1.29, 1.82) is 0 Å². The van der Waals surface area contributed by atoms with E-state index in [2.05, 4.69) is 0 Å². The Bertz CT molecular complexity index is 629. The van der Waals surface area contributed by atoms with E-state index < -0.39 is 35.6 Å². The highest BCUT2D eigenvalue weighted by molar-refractivity contribution is 6.30. The summed E-state index contributed by atoms with van der Waals surface area (Å²) in [5.41, 5.74) is -0.577. The number of carboxylic acid groups (broad SMARTS) is 1. The van der Waals surface area contributed by atoms with Gasteiger partial charge in [-0.1, -0.05) is 11.6 Å². The number of likely N-dealkylation sites (tertiary alicyclic amines) is 1. The number of amides is 1. The molecular formula is C16H19ClFNO4. The summed E-state index contributed by atoms with van der Waals surface area (Å²) in [5.74, 6) is -1.67. The van der Waals surface area contributed by atoms with Crippen LogP contribution in [0.3, 0.4) is 0 Å². The lowest BCUT2D eigenvalue weighted by Gasteiger charge is -2.31. The lowest BCUT2D eigenvalue weighted by Crippen LogP contribution is -2.44. The van der Waals surface area contributed by atoms with Gasteiger partial charge in [-0.2, -0.15) is 0 Å². The smallest absolute Gasteiger partial charge is 0.411 e. The fraction of sp³-hybridized carbons (Fsp3) is 0.500. The van der Waals surface area contributed by atoms with Gasteiger partial charge < -0.3 is 9.84 Å². The number of carboxylic acids is 1. The molecule has 23 heavy (non-hydrogen) atoms. The molecule has 0 aliphatic carbocycles. The van der Waals surface area contributed by atoms with Gasteiger partial charge >= 0.3 is 12.1 Å². The van der Waals surface area contributed by atoms with Crippen molar-refractivity contribution in [2.45, 2.75) is 51.3 Å². The first-order valence-corrected chi connectivity index (χ1v) is 7.67. The summed E-state index contributed by atoms with van der Waals surface area (Å²) in [6.07, 6.45) is -0.217. The third kappa shape index (κ3) is 3.93. The van der Waals surface area contributed by atoms with E-state index in [1.807, 2.05) is 0 Å². The summed E-state index contributed by atoms with van der Waals surface area (Å²) < 4.78 is 19.4. The van der Waals surface area contributed by atoms with E-state index in [0.29, 0.717) is 11.4 Å². The fourth-order valence-electron chi connectivity index (χ4n) is 2.70. The van der Waals surface area contributed by atoms with Crippen molar-refractivity contribution >= 4 is 23.7 Å². The lowest BCUT2D eigenvalue weighted by atomic mass is 10.0. The Kier molecular flexibility index (Phi) is 4.84. The molecule has 1 aromatic carbocycles. The Balaban J connectivity index is 2.39. The van der Waals surface area contributed by atoms with Crippen LogP contribution in [0.5, 0.6) is 0 Å². The van der Waals surface area contributed by atoms with Crippen LogP contribution in [-0.2, 0) is 9.53 Å². The van der Waals surface area contributed by atoms with Crippen LogP contribution >= 0.6 is 11.6 Å². The summed E-state index contributed by atoms with van der Waals surface area (Å²) in [6.45, 7) is 5.06. The molecule has 1 N–H and O–H groups in total. The maximum absolute atomic E-state index is 14.1. The van der Waals surface area contributed by atoms with Crippen LogP contribution in [0.15, 0.2) is 18.2 Å². The maximum atomic E-state index is 14.1. The molecule has 0 radical (unpaired) electrons. The van der Waals surface area contributed by atoms with Crippen LogP contribution in [0.2, 0.25) is 5.02 Å². The molecule has 1 amide bonds. The summed E-state index contributed by atoms with van der Waals surface area (Å²) in [5, 5.41) is 9.67. The highest BCUT2D eigenvalue weighted by Crippen LogP contribution is 2.39. The van der Waals surface area contributed by atoms with Crippen molar-refractivity contribution in [2.75, 3.05) is 0 Å². The molecule has 1 fully saturated rings. The number of nitrogens with zero attached hydrogens (tertiary/aromatic N) is 1. The SMILES string of the molecule is CC(C)(C)OC(=O)N1[C@@H](C(=O)O)CC[C@H]1c1cc(Cl)ccc1F. The summed E-state index contributed by atoms with van der Waals surface area (Å²) >= 11 is 5.91. The van der Waals surface area contributed by atoms with Gasteiger partial charge in [0.1, 0.15) is 17.5 Å². The lowest BCUT2D eigenvalue weighted by molar-refractivity contribution is -0.142. The standard InChI is InChI=1S/C16H19ClFNO4/c1-16(2,3)23-15(22)19-12(6-7-13(19)14(20)21)10-8-9(17)4-5-11(10)18/h4-5,8,12-13H,6-7H2,1-3H3,(H,20,21)/t12-,13+/m0/s1. The maximum Gasteiger partial charge on any atom is 0.411 e. The quantitative estimate of drug-likeness (QED) is 0.881. The number of carbonyl (C=O) groups excluding carboxylic acids is 1. The van der Waals surface area contributed by atoms with Gasteiger partial charge in [0, 0.05) is 10.6 Å². The van der Waals surface area contributed by atoms with E-state index in [1.165, 1.54) is 18.2 Å². The first-order chi connectivity index (χ1) is 10.6. The van der Waals surface area contributed by atoms with Crippen LogP contribution in [0.1, 0.15) is 45.2 Å². The Morgan fingerprint density at radius 3 is 2.57 bits per heavy atom. The van der Waals surface area contributed by atoms with Gasteiger partial charge in [0.25, 0.3) is 0 Å². The van der Waals surface area contributed by atoms with Gasteiger partial charge in [0.2, 0.25) is 0 Å². The average molecular weight is 344 g/mol. The molecule has 0 unspecified atom stereocenters. The number of hydrogen-bond acceptors (Lipinski definition) is 3. The van der Waals surface area contributed by atoms with Crippen molar-refractivity contribution in [3.8, 4) is 0 Å². The van der Waals surface area contributed by atoms with Gasteiger partial charge in [-0.3, -0.25) is 4.90 Å². The van der Waals surface area contributed by atoms with Gasteiger partial charge in [-0.05, 0) is 51.8 Å². The van der Waals surface area contributed by atoms with Crippen LogP contribution in [-0.4, -0.2) is 33.7 Å². The fourth-order valence-corrected chi connectivity index (χ4v) is 2.88. The van der Waals surface area contributed by atoms with E-state index in [1.54, 1.807) is 20.8 Å². The average Bonchev–Trinajstić information content (AvgIpc) is 2.84. The molecule has 2 atom stereocenters. The molecular weight excluding hydrogens is 325 g/mol. The third-order valence-electron chi connectivity index (χ3n) is 3.59. The first-order valence-electron chi connectivity index (χ1n) is 7.29. The highest BCUT2D eigenvalue weighted by atomic mass is 35.5. The Morgan fingerprint density at radius 1 is 1.35 bits per heavy atom. The van der Waals surface area contributed by atoms with Crippen molar-refractivity contribution < 1.29 is 23.8 Å². The van der Waals surface area contributed by atoms with Crippen molar-refractivity contribution in [1.82, 2.24) is 4.90 Å². The van der Waals surface area contributed by atoms with E-state index >= 15 is 0 Å². The molecule has 7 heteroatoms. The number of aliphatic carboxylic acids is 1. The zero-order valence-corrected chi connectivity index (χ0v) is 13.9. The number of hydrogen-bond donors (Lipinski definition) is 1. The largest absolute Gasteiger partial charge is 0.480 e. The highest BCUT2D eigenvalue weighted by Gasteiger charge is 2.44. The predicted octanol–water partition coefficient (Wildman–Crippen LogP) is 4.00. The number of carbonyl (C=O) groups is 2. The molecule has 0 aromatic heterocycles. The number of rotatable bonds is 2. The van der Waals surface area contributed by atoms with Crippen molar-refractivity contribution in [3.05, 3.63) is 34.6 Å². The number of ether oxygens (including phenoxy) is 1. The second-order valence-electron chi connectivity index (χ2n) is 6.50. The third-order valence-corrected chi connectivity index (χ3v) is 3.83. The van der Waals surface area contributed by atoms with E-state index in [9.17, 15) is 19.1 Å². The Hall–Kier alpha value is -1.82. The van der Waals surface area contributed by atoms with E-state index in [-0.39, 0.29) is 12.0 Å². The molecule has 1 heterocycles. The molecule has 1 aliphatic rings. The normalized spacial score (nSPS) is 21.3. The first kappa shape index (κ1) is 17.5. The van der Waals surface area contributed by atoms with Gasteiger partial charge in [0.05, 0.1) is 6.04 Å². The molecule has 0 saturated carbocycles. The van der Waals surface area contributed by atoms with Gasteiger partial charge in [-0.25, -0.2) is 14.0 Å². The molecule has 5 nitrogen and oxygen atoms in total. The van der Waals surface area contributed by atoms with E-state index in [4.69, 9.17) is 16.3 Å². The van der Waals surface area contributed by atoms with Crippen LogP contribution < -0.4 is 0 Å². The summed E-state index contributed by atoms with van der Waals surface area (Å²) in [6, 6.07) is 2.27. The molecule has 2 rings (SSSR count). The summed E-state index contributed by atoms with van der Waals surface area (Å²) in [4.78, 5) is 25.0. The minimum atomic E-state index is -1.14. The minimum absolute atomic E-state index is 0.201. The Labute approximate surface area is 139 Å². The molecule has 1 saturated heterocycles. The molecule has 0 bridgehead atoms. The molecule has 1 aromatic rings. The number of benzene rings is 1.